The molecule has 7 heteroatoms. The van der Waals surface area contributed by atoms with Gasteiger partial charge in [0.25, 0.3) is 0 Å². The fourth-order valence-electron chi connectivity index (χ4n) is 2.53. The molecular formula is C13H23N3O3S. The van der Waals surface area contributed by atoms with Gasteiger partial charge in [0.05, 0.1) is 24.5 Å². The van der Waals surface area contributed by atoms with E-state index in [1.54, 1.807) is 13.8 Å². The van der Waals surface area contributed by atoms with Crippen molar-refractivity contribution >= 4 is 10.0 Å². The highest BCUT2D eigenvalue weighted by Gasteiger charge is 2.41. The molecule has 2 rings (SSSR count). The maximum absolute atomic E-state index is 12.5. The van der Waals surface area contributed by atoms with Gasteiger partial charge in [-0.2, -0.15) is 5.10 Å². The third-order valence-corrected chi connectivity index (χ3v) is 5.89. The Morgan fingerprint density at radius 2 is 2.05 bits per heavy atom. The Kier molecular flexibility index (Phi) is 4.22. The first kappa shape index (κ1) is 15.5. The second-order valence-corrected chi connectivity index (χ2v) is 7.33. The molecule has 0 atom stereocenters. The van der Waals surface area contributed by atoms with Crippen molar-refractivity contribution in [1.29, 1.82) is 0 Å². The number of aliphatic hydroxyl groups is 1. The highest BCUT2D eigenvalue weighted by Crippen LogP contribution is 2.48. The normalized spacial score (nSPS) is 17.4. The molecule has 0 bridgehead atoms. The van der Waals surface area contributed by atoms with Gasteiger partial charge in [0, 0.05) is 6.54 Å². The van der Waals surface area contributed by atoms with E-state index in [4.69, 9.17) is 5.11 Å². The lowest BCUT2D eigenvalue weighted by molar-refractivity contribution is 0.267. The number of hydrogen-bond donors (Lipinski definition) is 2. The Morgan fingerprint density at radius 3 is 2.55 bits per heavy atom. The van der Waals surface area contributed by atoms with E-state index in [0.717, 1.165) is 19.3 Å². The van der Waals surface area contributed by atoms with Crippen molar-refractivity contribution in [2.24, 2.45) is 5.41 Å². The fourth-order valence-corrected chi connectivity index (χ4v) is 4.10. The van der Waals surface area contributed by atoms with E-state index in [0.29, 0.717) is 24.5 Å². The molecule has 6 nitrogen and oxygen atoms in total. The van der Waals surface area contributed by atoms with E-state index < -0.39 is 10.0 Å². The van der Waals surface area contributed by atoms with Crippen molar-refractivity contribution in [2.75, 3.05) is 13.2 Å². The molecule has 1 fully saturated rings. The minimum absolute atomic E-state index is 0.0617. The highest BCUT2D eigenvalue weighted by molar-refractivity contribution is 7.89. The number of sulfonamides is 1. The van der Waals surface area contributed by atoms with Crippen LogP contribution in [0.1, 0.15) is 37.6 Å². The van der Waals surface area contributed by atoms with Gasteiger partial charge in [-0.3, -0.25) is 4.68 Å². The van der Waals surface area contributed by atoms with E-state index in [2.05, 4.69) is 16.7 Å². The van der Waals surface area contributed by atoms with Crippen LogP contribution in [-0.2, 0) is 16.6 Å². The molecule has 1 aromatic heterocycles. The lowest BCUT2D eigenvalue weighted by Crippen LogP contribution is -2.30. The third kappa shape index (κ3) is 2.89. The first-order valence-electron chi connectivity index (χ1n) is 7.00. The SMILES string of the molecule is CCC1(CNS(=O)(=O)c2c(C)nn(CCO)c2C)CC1. The minimum Gasteiger partial charge on any atom is -0.394 e. The van der Waals surface area contributed by atoms with Gasteiger partial charge < -0.3 is 5.11 Å². The molecule has 0 saturated heterocycles. The van der Waals surface area contributed by atoms with Crippen molar-refractivity contribution in [3.63, 3.8) is 0 Å². The molecule has 0 unspecified atom stereocenters. The quantitative estimate of drug-likeness (QED) is 0.785. The van der Waals surface area contributed by atoms with Crippen molar-refractivity contribution in [1.82, 2.24) is 14.5 Å². The maximum atomic E-state index is 12.5. The molecule has 20 heavy (non-hydrogen) atoms. The minimum atomic E-state index is -3.54. The predicted octanol–water partition coefficient (Wildman–Crippen LogP) is 0.961. The van der Waals surface area contributed by atoms with Crippen LogP contribution in [0.4, 0.5) is 0 Å². The van der Waals surface area contributed by atoms with Gasteiger partial charge in [-0.1, -0.05) is 6.92 Å². The molecule has 0 amide bonds. The van der Waals surface area contributed by atoms with Crippen molar-refractivity contribution < 1.29 is 13.5 Å². The van der Waals surface area contributed by atoms with Crippen LogP contribution in [-0.4, -0.2) is 36.5 Å². The molecule has 2 N–H and O–H groups in total. The number of rotatable bonds is 7. The van der Waals surface area contributed by atoms with Gasteiger partial charge in [0.15, 0.2) is 0 Å². The van der Waals surface area contributed by atoms with Crippen molar-refractivity contribution in [2.45, 2.75) is 51.5 Å². The average Bonchev–Trinajstić information content (AvgIpc) is 3.11. The van der Waals surface area contributed by atoms with Gasteiger partial charge in [-0.25, -0.2) is 13.1 Å². The summed E-state index contributed by atoms with van der Waals surface area (Å²) in [6.45, 7) is 6.24. The highest BCUT2D eigenvalue weighted by atomic mass is 32.2. The molecule has 0 radical (unpaired) electrons. The summed E-state index contributed by atoms with van der Waals surface area (Å²) in [6, 6.07) is 0. The predicted molar refractivity (Wildman–Crippen MR) is 75.9 cm³/mol. The van der Waals surface area contributed by atoms with Crippen LogP contribution in [0.3, 0.4) is 0 Å². The van der Waals surface area contributed by atoms with Crippen LogP contribution in [0, 0.1) is 19.3 Å². The summed E-state index contributed by atoms with van der Waals surface area (Å²) < 4.78 is 29.2. The van der Waals surface area contributed by atoms with Crippen LogP contribution in [0.25, 0.3) is 0 Å². The van der Waals surface area contributed by atoms with E-state index >= 15 is 0 Å². The van der Waals surface area contributed by atoms with E-state index in [1.807, 2.05) is 0 Å². The number of aryl methyl sites for hydroxylation is 1. The molecule has 114 valence electrons. The van der Waals surface area contributed by atoms with Crippen molar-refractivity contribution in [3.8, 4) is 0 Å². The van der Waals surface area contributed by atoms with Crippen molar-refractivity contribution in [3.05, 3.63) is 11.4 Å². The summed E-state index contributed by atoms with van der Waals surface area (Å²) in [4.78, 5) is 0.248. The van der Waals surface area contributed by atoms with Crippen LogP contribution in [0.5, 0.6) is 0 Å². The van der Waals surface area contributed by atoms with Crippen LogP contribution >= 0.6 is 0 Å². The molecule has 1 saturated carbocycles. The number of aliphatic hydroxyl groups excluding tert-OH is 1. The van der Waals surface area contributed by atoms with E-state index in [9.17, 15) is 8.42 Å². The molecule has 0 aliphatic heterocycles. The Balaban J connectivity index is 2.21. The first-order valence-corrected chi connectivity index (χ1v) is 8.48. The monoisotopic (exact) mass is 301 g/mol. The topological polar surface area (TPSA) is 84.2 Å². The molecule has 1 aromatic rings. The van der Waals surface area contributed by atoms with Gasteiger partial charge >= 0.3 is 0 Å². The van der Waals surface area contributed by atoms with Gasteiger partial charge in [0.1, 0.15) is 4.90 Å². The second-order valence-electron chi connectivity index (χ2n) is 5.62. The second kappa shape index (κ2) is 5.46. The number of aromatic nitrogens is 2. The van der Waals surface area contributed by atoms with Gasteiger partial charge in [-0.15, -0.1) is 0 Å². The first-order chi connectivity index (χ1) is 9.35. The van der Waals surface area contributed by atoms with Gasteiger partial charge in [-0.05, 0) is 38.5 Å². The number of hydrogen-bond acceptors (Lipinski definition) is 4. The summed E-state index contributed by atoms with van der Waals surface area (Å²) in [5.74, 6) is 0. The summed E-state index contributed by atoms with van der Waals surface area (Å²) in [7, 11) is -3.54. The Labute approximate surface area is 120 Å². The Morgan fingerprint density at radius 1 is 1.40 bits per heavy atom. The standard InChI is InChI=1S/C13H23N3O3S/c1-4-13(5-6-13)9-14-20(18,19)12-10(2)15-16(7-8-17)11(12)3/h14,17H,4-9H2,1-3H3. The average molecular weight is 301 g/mol. The van der Waals surface area contributed by atoms with Crippen LogP contribution < -0.4 is 4.72 Å². The molecular weight excluding hydrogens is 278 g/mol. The Hall–Kier alpha value is -0.920. The van der Waals surface area contributed by atoms with E-state index in [-0.39, 0.29) is 16.9 Å². The smallest absolute Gasteiger partial charge is 0.244 e. The zero-order valence-electron chi connectivity index (χ0n) is 12.3. The Bertz CT molecular complexity index is 588. The van der Waals surface area contributed by atoms with Crippen LogP contribution in [0.2, 0.25) is 0 Å². The maximum Gasteiger partial charge on any atom is 0.244 e. The molecule has 0 spiro atoms. The third-order valence-electron chi connectivity index (χ3n) is 4.24. The number of nitrogens with zero attached hydrogens (tertiary/aromatic N) is 2. The summed E-state index contributed by atoms with van der Waals surface area (Å²) in [5, 5.41) is 13.2. The molecule has 1 aliphatic rings. The number of nitrogens with one attached hydrogen (secondary N) is 1. The van der Waals surface area contributed by atoms with Gasteiger partial charge in [0.2, 0.25) is 10.0 Å². The zero-order valence-corrected chi connectivity index (χ0v) is 13.1. The summed E-state index contributed by atoms with van der Waals surface area (Å²) in [6.07, 6.45) is 3.18. The fraction of sp³-hybridized carbons (Fsp3) is 0.769. The molecule has 0 aromatic carbocycles. The summed E-state index contributed by atoms with van der Waals surface area (Å²) in [5.41, 5.74) is 1.21. The lowest BCUT2D eigenvalue weighted by Gasteiger charge is -2.14. The zero-order chi connectivity index (χ0) is 15.0. The summed E-state index contributed by atoms with van der Waals surface area (Å²) >= 11 is 0. The largest absolute Gasteiger partial charge is 0.394 e. The molecule has 1 heterocycles. The van der Waals surface area contributed by atoms with Crippen LogP contribution in [0.15, 0.2) is 4.90 Å². The lowest BCUT2D eigenvalue weighted by atomic mass is 10.1. The molecule has 1 aliphatic carbocycles. The van der Waals surface area contributed by atoms with E-state index in [1.165, 1.54) is 4.68 Å².